The second kappa shape index (κ2) is 45.1. The number of aliphatic hydroxyl groups excluding tert-OH is 1. The lowest BCUT2D eigenvalue weighted by Gasteiger charge is -2.20. The zero-order valence-electron chi connectivity index (χ0n) is 41.9. The van der Waals surface area contributed by atoms with Crippen LogP contribution < -0.4 is 26.6 Å². The quantitative estimate of drug-likeness (QED) is 0.0309. The third kappa shape index (κ3) is 43.7. The van der Waals surface area contributed by atoms with Gasteiger partial charge in [-0.3, -0.25) is 38.9 Å². The maximum Gasteiger partial charge on any atom is 0.326 e. The maximum absolute atomic E-state index is 12.6. The highest BCUT2D eigenvalue weighted by Crippen LogP contribution is 2.15. The Balaban J connectivity index is 4.21. The summed E-state index contributed by atoms with van der Waals surface area (Å²) in [5.74, 6) is -7.48. The number of aliphatic hydroxyl groups is 1. The molecule has 10 N–H and O–H groups in total. The van der Waals surface area contributed by atoms with Crippen LogP contribution in [0.2, 0.25) is 0 Å². The van der Waals surface area contributed by atoms with Crippen LogP contribution in [0.5, 0.6) is 0 Å². The van der Waals surface area contributed by atoms with Gasteiger partial charge in [0.05, 0.1) is 39.6 Å². The van der Waals surface area contributed by atoms with Crippen LogP contribution in [0.25, 0.3) is 0 Å². The minimum atomic E-state index is -1.54. The topological polar surface area (TPSA) is 352 Å². The zero-order chi connectivity index (χ0) is 52.9. The van der Waals surface area contributed by atoms with Crippen LogP contribution >= 0.6 is 0 Å². The number of amides is 4. The minimum Gasteiger partial charge on any atom is -0.481 e. The van der Waals surface area contributed by atoms with Gasteiger partial charge in [-0.2, -0.15) is 0 Å². The van der Waals surface area contributed by atoms with E-state index in [-0.39, 0.29) is 103 Å². The third-order valence-electron chi connectivity index (χ3n) is 11.0. The monoisotopic (exact) mass is 1020 g/mol. The number of ketones is 1. The summed E-state index contributed by atoms with van der Waals surface area (Å²) < 4.78 is 20.9. The maximum atomic E-state index is 12.6. The summed E-state index contributed by atoms with van der Waals surface area (Å²) in [6, 6.07) is -4.28. The summed E-state index contributed by atoms with van der Waals surface area (Å²) in [4.78, 5) is 106. The number of hydrogen-bond donors (Lipinski definition) is 10. The summed E-state index contributed by atoms with van der Waals surface area (Å²) in [6.45, 7) is 2.75. The molecular weight excluding hydrogens is 935 g/mol. The number of carbonyl (C=O) groups is 9. The molecule has 0 fully saturated rings. The van der Waals surface area contributed by atoms with Crippen molar-refractivity contribution in [3.8, 4) is 0 Å². The highest BCUT2D eigenvalue weighted by molar-refractivity contribution is 5.87. The fourth-order valence-electron chi connectivity index (χ4n) is 7.04. The van der Waals surface area contributed by atoms with Gasteiger partial charge in [0.25, 0.3) is 0 Å². The number of nitrogens with one attached hydrogen (secondary N) is 5. The first-order valence-corrected chi connectivity index (χ1v) is 25.3. The number of aliphatic carboxylic acids is 4. The van der Waals surface area contributed by atoms with E-state index in [1.807, 2.05) is 0 Å². The lowest BCUT2D eigenvalue weighted by molar-refractivity contribution is -0.144. The van der Waals surface area contributed by atoms with E-state index < -0.39 is 85.2 Å². The molecule has 0 aromatic heterocycles. The summed E-state index contributed by atoms with van der Waals surface area (Å²) in [6.07, 6.45) is 14.7. The van der Waals surface area contributed by atoms with Crippen molar-refractivity contribution in [2.24, 2.45) is 0 Å². The van der Waals surface area contributed by atoms with Crippen molar-refractivity contribution >= 4 is 53.3 Å². The van der Waals surface area contributed by atoms with E-state index in [4.69, 9.17) is 24.1 Å². The minimum absolute atomic E-state index is 0.0239. The molecule has 0 aromatic carbocycles. The lowest BCUT2D eigenvalue weighted by Crippen LogP contribution is -2.46. The molecule has 0 aliphatic carbocycles. The van der Waals surface area contributed by atoms with Gasteiger partial charge in [0.1, 0.15) is 37.6 Å². The summed E-state index contributed by atoms with van der Waals surface area (Å²) in [5, 5.41) is 60.2. The van der Waals surface area contributed by atoms with E-state index >= 15 is 0 Å². The van der Waals surface area contributed by atoms with Crippen LogP contribution in [0.15, 0.2) is 0 Å². The molecule has 23 nitrogen and oxygen atoms in total. The largest absolute Gasteiger partial charge is 0.481 e. The molecule has 0 saturated carbocycles. The van der Waals surface area contributed by atoms with Crippen molar-refractivity contribution in [2.45, 2.75) is 185 Å². The van der Waals surface area contributed by atoms with Crippen molar-refractivity contribution in [3.05, 3.63) is 0 Å². The van der Waals surface area contributed by atoms with E-state index in [0.717, 1.165) is 44.9 Å². The van der Waals surface area contributed by atoms with Crippen molar-refractivity contribution in [1.29, 1.82) is 0 Å². The molecule has 0 heterocycles. The summed E-state index contributed by atoms with van der Waals surface area (Å²) in [5.41, 5.74) is 0. The standard InChI is InChI=1S/C48H85N5O18/c1-36(54)34-70-32-30-69-29-27-50-44(59)35-71-33-31-68-28-26-49-40(55)23-20-37(46(62)63)52-42(57)25-22-39(48(66)67)53-43(58)24-21-38(47(64)65)51-41(56)18-16-14-12-10-8-6-4-2-3-5-7-9-11-13-15-17-19-45(60)61/h37-39,41,51,56H,2-35H2,1H3,(H,49,55)(H,50,59)(H,52,57)(H,53,58)(H,60,61)(H,62,63)(H,64,65)(H,66,67)/t37-,38-,39-,41?/m0/s1. The normalized spacial score (nSPS) is 12.8. The fourth-order valence-corrected chi connectivity index (χ4v) is 7.04. The van der Waals surface area contributed by atoms with Gasteiger partial charge in [-0.15, -0.1) is 0 Å². The first-order valence-electron chi connectivity index (χ1n) is 25.3. The van der Waals surface area contributed by atoms with E-state index in [0.29, 0.717) is 12.8 Å². The summed E-state index contributed by atoms with van der Waals surface area (Å²) >= 11 is 0. The Kier molecular flexibility index (Phi) is 42.0. The average Bonchev–Trinajstić information content (AvgIpc) is 3.31. The van der Waals surface area contributed by atoms with E-state index in [9.17, 15) is 63.6 Å². The van der Waals surface area contributed by atoms with Gasteiger partial charge < -0.3 is 65.7 Å². The van der Waals surface area contributed by atoms with Gasteiger partial charge in [-0.05, 0) is 45.4 Å². The Hall–Kier alpha value is -4.81. The van der Waals surface area contributed by atoms with E-state index in [1.54, 1.807) is 0 Å². The predicted molar refractivity (Wildman–Crippen MR) is 258 cm³/mol. The number of ether oxygens (including phenoxy) is 4. The second-order valence-corrected chi connectivity index (χ2v) is 17.4. The molecular formula is C48H85N5O18. The van der Waals surface area contributed by atoms with Gasteiger partial charge >= 0.3 is 23.9 Å². The van der Waals surface area contributed by atoms with Crippen molar-refractivity contribution in [1.82, 2.24) is 26.6 Å². The summed E-state index contributed by atoms with van der Waals surface area (Å²) in [7, 11) is 0. The van der Waals surface area contributed by atoms with Crippen molar-refractivity contribution in [3.63, 3.8) is 0 Å². The number of rotatable bonds is 51. The molecule has 1 unspecified atom stereocenters. The molecule has 0 radical (unpaired) electrons. The van der Waals surface area contributed by atoms with Gasteiger partial charge in [-0.1, -0.05) is 89.9 Å². The van der Waals surface area contributed by atoms with E-state index in [1.165, 1.54) is 58.3 Å². The first-order chi connectivity index (χ1) is 34.0. The number of hydrogen-bond acceptors (Lipinski definition) is 15. The van der Waals surface area contributed by atoms with Crippen LogP contribution in [-0.2, 0) is 62.1 Å². The van der Waals surface area contributed by atoms with Crippen molar-refractivity contribution in [2.75, 3.05) is 65.9 Å². The van der Waals surface area contributed by atoms with Gasteiger partial charge in [0.15, 0.2) is 5.78 Å². The molecule has 0 aliphatic heterocycles. The number of carboxylic acid groups (broad SMARTS) is 4. The number of unbranched alkanes of at least 4 members (excludes halogenated alkanes) is 15. The van der Waals surface area contributed by atoms with Gasteiger partial charge in [-0.25, -0.2) is 9.59 Å². The lowest BCUT2D eigenvalue weighted by atomic mass is 10.0. The molecule has 0 aromatic rings. The molecule has 4 atom stereocenters. The zero-order valence-corrected chi connectivity index (χ0v) is 41.9. The number of Topliss-reactive ketones (excluding diaryl/α,β-unsaturated/α-hetero) is 1. The Bertz CT molecular complexity index is 1520. The van der Waals surface area contributed by atoms with Crippen LogP contribution in [-0.4, -0.2) is 169 Å². The molecule has 0 aliphatic rings. The van der Waals surface area contributed by atoms with Gasteiger partial charge in [0.2, 0.25) is 23.6 Å². The molecule has 0 spiro atoms. The van der Waals surface area contributed by atoms with Crippen LogP contribution in [0.4, 0.5) is 0 Å². The molecule has 23 heteroatoms. The molecule has 4 amide bonds. The Labute approximate surface area is 418 Å². The Morgan fingerprint density at radius 1 is 0.394 bits per heavy atom. The van der Waals surface area contributed by atoms with Crippen LogP contribution in [0.3, 0.4) is 0 Å². The van der Waals surface area contributed by atoms with Crippen LogP contribution in [0, 0.1) is 0 Å². The SMILES string of the molecule is CC(=O)COCCOCCNC(=O)COCCOCCNC(=O)CC[C@H](NC(=O)CC[C@H](NC(=O)CC[C@H](NC(O)CCCCCCCCCCCCCCCCCCC(=O)O)C(=O)O)C(=O)O)C(=O)O. The van der Waals surface area contributed by atoms with Crippen LogP contribution in [0.1, 0.15) is 161 Å². The first kappa shape index (κ1) is 66.2. The number of carboxylic acids is 4. The Morgan fingerprint density at radius 3 is 1.18 bits per heavy atom. The number of carbonyl (C=O) groups excluding carboxylic acids is 5. The smallest absolute Gasteiger partial charge is 0.326 e. The highest BCUT2D eigenvalue weighted by atomic mass is 16.5. The molecule has 71 heavy (non-hydrogen) atoms. The molecule has 0 bridgehead atoms. The molecule has 410 valence electrons. The average molecular weight is 1020 g/mol. The highest BCUT2D eigenvalue weighted by Gasteiger charge is 2.26. The molecule has 0 saturated heterocycles. The second-order valence-electron chi connectivity index (χ2n) is 17.4. The predicted octanol–water partition coefficient (Wildman–Crippen LogP) is 2.82. The fraction of sp³-hybridized carbons (Fsp3) is 0.812. The third-order valence-corrected chi connectivity index (χ3v) is 11.0. The van der Waals surface area contributed by atoms with Crippen molar-refractivity contribution < 1.29 is 87.6 Å². The molecule has 0 rings (SSSR count). The van der Waals surface area contributed by atoms with E-state index in [2.05, 4.69) is 26.6 Å². The Morgan fingerprint density at radius 2 is 0.761 bits per heavy atom. The van der Waals surface area contributed by atoms with Gasteiger partial charge in [0, 0.05) is 38.8 Å².